The maximum absolute atomic E-state index is 5.37. The second-order valence-corrected chi connectivity index (χ2v) is 2.91. The molecule has 0 spiro atoms. The minimum atomic E-state index is -0.468. The Kier molecular flexibility index (Phi) is 2.23. The van der Waals surface area contributed by atoms with Crippen LogP contribution in [-0.2, 0) is 10.3 Å². The van der Waals surface area contributed by atoms with Crippen LogP contribution in [0.4, 0.5) is 5.95 Å². The van der Waals surface area contributed by atoms with Gasteiger partial charge in [-0.2, -0.15) is 5.10 Å². The van der Waals surface area contributed by atoms with Gasteiger partial charge in [0.25, 0.3) is 0 Å². The number of rotatable bonds is 2. The van der Waals surface area contributed by atoms with Gasteiger partial charge in [-0.05, 0) is 13.8 Å². The number of hydrogen-bond donors (Lipinski definition) is 1. The summed E-state index contributed by atoms with van der Waals surface area (Å²) >= 11 is 0. The summed E-state index contributed by atoms with van der Waals surface area (Å²) in [5.41, 5.74) is 5.58. The predicted molar refractivity (Wildman–Crippen MR) is 44.3 cm³/mol. The average Bonchev–Trinajstić information content (AvgIpc) is 2.05. The van der Waals surface area contributed by atoms with Crippen LogP contribution in [0.1, 0.15) is 19.5 Å². The fourth-order valence-corrected chi connectivity index (χ4v) is 0.712. The number of anilines is 1. The van der Waals surface area contributed by atoms with E-state index in [4.69, 9.17) is 10.5 Å². The number of ether oxygens (including phenoxy) is 1. The molecule has 1 heterocycles. The lowest BCUT2D eigenvalue weighted by Crippen LogP contribution is -2.22. The van der Waals surface area contributed by atoms with Crippen LogP contribution in [0.5, 0.6) is 0 Å². The number of nitrogen functional groups attached to an aromatic ring is 1. The van der Waals surface area contributed by atoms with Crippen LogP contribution in [0, 0.1) is 0 Å². The summed E-state index contributed by atoms with van der Waals surface area (Å²) < 4.78 is 5.19. The average molecular weight is 168 g/mol. The molecule has 0 aliphatic heterocycles. The molecule has 0 fully saturated rings. The van der Waals surface area contributed by atoms with Gasteiger partial charge in [0.05, 0.1) is 11.9 Å². The van der Waals surface area contributed by atoms with Gasteiger partial charge in [0.1, 0.15) is 5.60 Å². The molecule has 1 rings (SSSR count). The number of hydrogen-bond acceptors (Lipinski definition) is 5. The number of methoxy groups -OCH3 is 1. The van der Waals surface area contributed by atoms with Crippen LogP contribution >= 0.6 is 0 Å². The van der Waals surface area contributed by atoms with Gasteiger partial charge in [-0.15, -0.1) is 5.10 Å². The SMILES string of the molecule is COC(C)(C)c1cnnc(N)n1. The van der Waals surface area contributed by atoms with E-state index >= 15 is 0 Å². The maximum Gasteiger partial charge on any atom is 0.240 e. The quantitative estimate of drug-likeness (QED) is 0.689. The van der Waals surface area contributed by atoms with Crippen molar-refractivity contribution in [1.82, 2.24) is 15.2 Å². The zero-order valence-electron chi connectivity index (χ0n) is 7.40. The molecule has 0 amide bonds. The molecular weight excluding hydrogens is 156 g/mol. The van der Waals surface area contributed by atoms with Crippen LogP contribution in [0.15, 0.2) is 6.20 Å². The first-order valence-corrected chi connectivity index (χ1v) is 3.57. The molecule has 0 bridgehead atoms. The van der Waals surface area contributed by atoms with Crippen molar-refractivity contribution >= 4 is 5.95 Å². The highest BCUT2D eigenvalue weighted by atomic mass is 16.5. The third-order valence-corrected chi connectivity index (χ3v) is 1.70. The number of nitrogens with two attached hydrogens (primary N) is 1. The van der Waals surface area contributed by atoms with Gasteiger partial charge in [0, 0.05) is 7.11 Å². The van der Waals surface area contributed by atoms with E-state index in [1.165, 1.54) is 0 Å². The highest BCUT2D eigenvalue weighted by molar-refractivity contribution is 5.16. The summed E-state index contributed by atoms with van der Waals surface area (Å²) in [4.78, 5) is 3.99. The molecule has 0 aliphatic rings. The van der Waals surface area contributed by atoms with Gasteiger partial charge >= 0.3 is 0 Å². The largest absolute Gasteiger partial charge is 0.372 e. The highest BCUT2D eigenvalue weighted by Crippen LogP contribution is 2.20. The molecule has 0 saturated carbocycles. The Bertz CT molecular complexity index is 274. The minimum Gasteiger partial charge on any atom is -0.372 e. The molecule has 0 atom stereocenters. The topological polar surface area (TPSA) is 73.9 Å². The molecule has 0 radical (unpaired) electrons. The molecule has 2 N–H and O–H groups in total. The fourth-order valence-electron chi connectivity index (χ4n) is 0.712. The lowest BCUT2D eigenvalue weighted by molar-refractivity contribution is 0.0151. The molecule has 0 saturated heterocycles. The lowest BCUT2D eigenvalue weighted by Gasteiger charge is -2.21. The molecular formula is C7H12N4O. The van der Waals surface area contributed by atoms with Crippen LogP contribution in [0.3, 0.4) is 0 Å². The maximum atomic E-state index is 5.37. The van der Waals surface area contributed by atoms with Crippen molar-refractivity contribution in [2.75, 3.05) is 12.8 Å². The zero-order chi connectivity index (χ0) is 9.19. The van der Waals surface area contributed by atoms with Crippen LogP contribution < -0.4 is 5.73 Å². The van der Waals surface area contributed by atoms with Crippen molar-refractivity contribution in [3.8, 4) is 0 Å². The van der Waals surface area contributed by atoms with Crippen molar-refractivity contribution in [2.45, 2.75) is 19.4 Å². The molecule has 1 aromatic heterocycles. The second kappa shape index (κ2) is 3.02. The number of aromatic nitrogens is 3. The van der Waals surface area contributed by atoms with E-state index < -0.39 is 5.60 Å². The Hall–Kier alpha value is -1.23. The molecule has 0 unspecified atom stereocenters. The van der Waals surface area contributed by atoms with E-state index in [1.54, 1.807) is 13.3 Å². The third-order valence-electron chi connectivity index (χ3n) is 1.70. The number of nitrogens with zero attached hydrogens (tertiary/aromatic N) is 3. The van der Waals surface area contributed by atoms with Gasteiger partial charge in [0.15, 0.2) is 0 Å². The van der Waals surface area contributed by atoms with Crippen LogP contribution in [-0.4, -0.2) is 22.3 Å². The van der Waals surface area contributed by atoms with Gasteiger partial charge in [-0.1, -0.05) is 0 Å². The first kappa shape index (κ1) is 8.86. The van der Waals surface area contributed by atoms with Crippen molar-refractivity contribution in [2.24, 2.45) is 0 Å². The van der Waals surface area contributed by atoms with Crippen LogP contribution in [0.2, 0.25) is 0 Å². The molecule has 12 heavy (non-hydrogen) atoms. The summed E-state index contributed by atoms with van der Waals surface area (Å²) in [7, 11) is 1.61. The third kappa shape index (κ3) is 1.68. The van der Waals surface area contributed by atoms with E-state index in [1.807, 2.05) is 13.8 Å². The van der Waals surface area contributed by atoms with Crippen molar-refractivity contribution in [3.05, 3.63) is 11.9 Å². The highest BCUT2D eigenvalue weighted by Gasteiger charge is 2.21. The van der Waals surface area contributed by atoms with E-state index in [0.717, 1.165) is 0 Å². The molecule has 0 aliphatic carbocycles. The Morgan fingerprint density at radius 2 is 2.17 bits per heavy atom. The molecule has 66 valence electrons. The van der Waals surface area contributed by atoms with E-state index in [9.17, 15) is 0 Å². The Balaban J connectivity index is 3.03. The fraction of sp³-hybridized carbons (Fsp3) is 0.571. The normalized spacial score (nSPS) is 11.6. The molecule has 1 aromatic rings. The zero-order valence-corrected chi connectivity index (χ0v) is 7.40. The summed E-state index contributed by atoms with van der Waals surface area (Å²) in [6.45, 7) is 3.77. The molecule has 0 aromatic carbocycles. The Labute approximate surface area is 71.0 Å². The lowest BCUT2D eigenvalue weighted by atomic mass is 10.1. The summed E-state index contributed by atoms with van der Waals surface area (Å²) in [5.74, 6) is 0.164. The first-order valence-electron chi connectivity index (χ1n) is 3.57. The van der Waals surface area contributed by atoms with Crippen molar-refractivity contribution in [3.63, 3.8) is 0 Å². The van der Waals surface area contributed by atoms with Gasteiger partial charge in [-0.3, -0.25) is 0 Å². The first-order chi connectivity index (χ1) is 5.56. The van der Waals surface area contributed by atoms with Gasteiger partial charge in [0.2, 0.25) is 5.95 Å². The van der Waals surface area contributed by atoms with Gasteiger partial charge in [-0.25, -0.2) is 4.98 Å². The smallest absolute Gasteiger partial charge is 0.240 e. The second-order valence-electron chi connectivity index (χ2n) is 2.91. The predicted octanol–water partition coefficient (Wildman–Crippen LogP) is 0.335. The van der Waals surface area contributed by atoms with E-state index in [0.29, 0.717) is 5.69 Å². The van der Waals surface area contributed by atoms with Crippen molar-refractivity contribution < 1.29 is 4.74 Å². The molecule has 5 heteroatoms. The molecule has 5 nitrogen and oxygen atoms in total. The standard InChI is InChI=1S/C7H12N4O/c1-7(2,12-3)5-4-9-11-6(8)10-5/h4H,1-3H3,(H2,8,10,11). The van der Waals surface area contributed by atoms with Crippen molar-refractivity contribution in [1.29, 1.82) is 0 Å². The summed E-state index contributed by atoms with van der Waals surface area (Å²) in [6.07, 6.45) is 1.54. The van der Waals surface area contributed by atoms with E-state index in [-0.39, 0.29) is 5.95 Å². The monoisotopic (exact) mass is 168 g/mol. The minimum absolute atomic E-state index is 0.164. The van der Waals surface area contributed by atoms with Crippen LogP contribution in [0.25, 0.3) is 0 Å². The van der Waals surface area contributed by atoms with E-state index in [2.05, 4.69) is 15.2 Å². The summed E-state index contributed by atoms with van der Waals surface area (Å²) in [6, 6.07) is 0. The Morgan fingerprint density at radius 3 is 2.67 bits per heavy atom. The Morgan fingerprint density at radius 1 is 1.50 bits per heavy atom. The van der Waals surface area contributed by atoms with Gasteiger partial charge < -0.3 is 10.5 Å². The summed E-state index contributed by atoms with van der Waals surface area (Å²) in [5, 5.41) is 7.23.